The maximum absolute atomic E-state index is 12.7. The van der Waals surface area contributed by atoms with Crippen LogP contribution in [0.1, 0.15) is 37.2 Å². The Bertz CT molecular complexity index is 839. The van der Waals surface area contributed by atoms with Crippen LogP contribution in [0.25, 0.3) is 0 Å². The van der Waals surface area contributed by atoms with Crippen LogP contribution < -0.4 is 5.32 Å². The third-order valence-electron chi connectivity index (χ3n) is 4.39. The first-order valence-corrected chi connectivity index (χ1v) is 8.12. The van der Waals surface area contributed by atoms with Crippen LogP contribution >= 0.6 is 11.6 Å². The van der Waals surface area contributed by atoms with Crippen molar-refractivity contribution in [2.75, 3.05) is 5.32 Å². The fraction of sp³-hybridized carbons (Fsp3) is 0.353. The summed E-state index contributed by atoms with van der Waals surface area (Å²) in [5.41, 5.74) is 2.72. The van der Waals surface area contributed by atoms with Gasteiger partial charge in [0.2, 0.25) is 5.95 Å². The van der Waals surface area contributed by atoms with Crippen molar-refractivity contribution in [1.29, 1.82) is 0 Å². The molecule has 2 aromatic rings. The van der Waals surface area contributed by atoms with Crippen LogP contribution in [0, 0.1) is 12.8 Å². The number of halogens is 1. The van der Waals surface area contributed by atoms with Crippen molar-refractivity contribution in [3.05, 3.63) is 51.9 Å². The van der Waals surface area contributed by atoms with E-state index >= 15 is 0 Å². The topological polar surface area (TPSA) is 59.8 Å². The number of fused-ring (bicyclic) bond motifs is 1. The SMILES string of the molecule is Cc1nc2n(n1)[C@H](c1cccc(Cl)c1)C1=C(C[C@@H](C)CC1=O)N2. The molecule has 0 radical (unpaired) electrons. The molecular weight excluding hydrogens is 312 g/mol. The second kappa shape index (κ2) is 5.20. The van der Waals surface area contributed by atoms with Crippen molar-refractivity contribution in [2.24, 2.45) is 5.92 Å². The number of ketones is 1. The zero-order chi connectivity index (χ0) is 16.1. The standard InChI is InChI=1S/C17H17ClN4O/c1-9-6-13-15(14(23)7-9)16(11-4-3-5-12(18)8-11)22-17(20-13)19-10(2)21-22/h3-5,8-9,16H,6-7H2,1-2H3,(H,19,20,21)/t9-,16-/m1/s1. The molecule has 1 aromatic heterocycles. The molecule has 0 amide bonds. The highest BCUT2D eigenvalue weighted by Gasteiger charge is 2.38. The van der Waals surface area contributed by atoms with Gasteiger partial charge < -0.3 is 5.32 Å². The lowest BCUT2D eigenvalue weighted by Gasteiger charge is -2.34. The van der Waals surface area contributed by atoms with Crippen LogP contribution in [0.15, 0.2) is 35.5 Å². The summed E-state index contributed by atoms with van der Waals surface area (Å²) >= 11 is 6.17. The highest BCUT2D eigenvalue weighted by molar-refractivity contribution is 6.30. The summed E-state index contributed by atoms with van der Waals surface area (Å²) in [6, 6.07) is 7.35. The van der Waals surface area contributed by atoms with E-state index in [1.54, 1.807) is 4.68 Å². The highest BCUT2D eigenvalue weighted by Crippen LogP contribution is 2.41. The molecule has 0 saturated carbocycles. The molecule has 2 heterocycles. The molecule has 0 unspecified atom stereocenters. The molecule has 2 aliphatic rings. The molecule has 5 nitrogen and oxygen atoms in total. The number of rotatable bonds is 1. The van der Waals surface area contributed by atoms with E-state index in [9.17, 15) is 4.79 Å². The number of allylic oxidation sites excluding steroid dienone is 2. The van der Waals surface area contributed by atoms with Gasteiger partial charge in [-0.25, -0.2) is 4.68 Å². The van der Waals surface area contributed by atoms with Crippen LogP contribution in [-0.4, -0.2) is 20.5 Å². The lowest BCUT2D eigenvalue weighted by atomic mass is 9.81. The van der Waals surface area contributed by atoms with Crippen molar-refractivity contribution in [1.82, 2.24) is 14.8 Å². The Morgan fingerprint density at radius 3 is 2.96 bits per heavy atom. The van der Waals surface area contributed by atoms with Gasteiger partial charge in [-0.05, 0) is 37.0 Å². The summed E-state index contributed by atoms with van der Waals surface area (Å²) < 4.78 is 1.80. The van der Waals surface area contributed by atoms with Crippen molar-refractivity contribution < 1.29 is 4.79 Å². The monoisotopic (exact) mass is 328 g/mol. The number of hydrogen-bond donors (Lipinski definition) is 1. The number of nitrogens with zero attached hydrogens (tertiary/aromatic N) is 3. The van der Waals surface area contributed by atoms with E-state index in [0.29, 0.717) is 29.1 Å². The maximum atomic E-state index is 12.7. The molecule has 23 heavy (non-hydrogen) atoms. The summed E-state index contributed by atoms with van der Waals surface area (Å²) in [4.78, 5) is 17.2. The van der Waals surface area contributed by atoms with Crippen LogP contribution in [0.4, 0.5) is 5.95 Å². The molecule has 118 valence electrons. The van der Waals surface area contributed by atoms with Crippen LogP contribution in [0.2, 0.25) is 5.02 Å². The number of aryl methyl sites for hydroxylation is 1. The number of benzene rings is 1. The lowest BCUT2D eigenvalue weighted by molar-refractivity contribution is -0.117. The highest BCUT2D eigenvalue weighted by atomic mass is 35.5. The molecule has 4 rings (SSSR count). The first-order chi connectivity index (χ1) is 11.0. The van der Waals surface area contributed by atoms with Crippen molar-refractivity contribution in [3.8, 4) is 0 Å². The van der Waals surface area contributed by atoms with Gasteiger partial charge in [0, 0.05) is 22.7 Å². The van der Waals surface area contributed by atoms with Crippen LogP contribution in [0.3, 0.4) is 0 Å². The average molecular weight is 329 g/mol. The van der Waals surface area contributed by atoms with Gasteiger partial charge >= 0.3 is 0 Å². The number of aromatic nitrogens is 3. The fourth-order valence-electron chi connectivity index (χ4n) is 3.50. The van der Waals surface area contributed by atoms with E-state index in [4.69, 9.17) is 11.6 Å². The Hall–Kier alpha value is -2.14. The first kappa shape index (κ1) is 14.5. The molecule has 1 aliphatic carbocycles. The minimum absolute atomic E-state index is 0.176. The largest absolute Gasteiger partial charge is 0.328 e. The van der Waals surface area contributed by atoms with E-state index < -0.39 is 0 Å². The van der Waals surface area contributed by atoms with Crippen LogP contribution in [0.5, 0.6) is 0 Å². The summed E-state index contributed by atoms with van der Waals surface area (Å²) in [6.07, 6.45) is 1.42. The molecule has 0 spiro atoms. The second-order valence-corrected chi connectivity index (χ2v) is 6.77. The van der Waals surface area contributed by atoms with Gasteiger partial charge in [0.25, 0.3) is 0 Å². The van der Waals surface area contributed by atoms with E-state index in [0.717, 1.165) is 23.3 Å². The average Bonchev–Trinajstić information content (AvgIpc) is 2.84. The number of carbonyl (C=O) groups is 1. The summed E-state index contributed by atoms with van der Waals surface area (Å²) in [6.45, 7) is 3.95. The Balaban J connectivity index is 1.93. The zero-order valence-electron chi connectivity index (χ0n) is 13.0. The zero-order valence-corrected chi connectivity index (χ0v) is 13.8. The van der Waals surface area contributed by atoms with Gasteiger partial charge in [-0.15, -0.1) is 0 Å². The third-order valence-corrected chi connectivity index (χ3v) is 4.63. The van der Waals surface area contributed by atoms with Gasteiger partial charge in [-0.2, -0.15) is 10.1 Å². The second-order valence-electron chi connectivity index (χ2n) is 6.34. The molecule has 0 saturated heterocycles. The Morgan fingerprint density at radius 2 is 2.17 bits per heavy atom. The third kappa shape index (κ3) is 2.36. The Kier molecular flexibility index (Phi) is 3.27. The quantitative estimate of drug-likeness (QED) is 0.870. The molecule has 2 atom stereocenters. The molecule has 1 aliphatic heterocycles. The van der Waals surface area contributed by atoms with Crippen LogP contribution in [-0.2, 0) is 4.79 Å². The number of carbonyl (C=O) groups excluding carboxylic acids is 1. The van der Waals surface area contributed by atoms with Gasteiger partial charge in [0.05, 0.1) is 0 Å². The van der Waals surface area contributed by atoms with Gasteiger partial charge in [0.1, 0.15) is 11.9 Å². The molecule has 1 N–H and O–H groups in total. The van der Waals surface area contributed by atoms with Gasteiger partial charge in [-0.3, -0.25) is 4.79 Å². The first-order valence-electron chi connectivity index (χ1n) is 7.75. The summed E-state index contributed by atoms with van der Waals surface area (Å²) in [5.74, 6) is 1.88. The summed E-state index contributed by atoms with van der Waals surface area (Å²) in [7, 11) is 0. The number of anilines is 1. The van der Waals surface area contributed by atoms with Gasteiger partial charge in [0.15, 0.2) is 5.78 Å². The number of Topliss-reactive ketones (excluding diaryl/α,β-unsaturated/α-hetero) is 1. The van der Waals surface area contributed by atoms with Crippen molar-refractivity contribution in [3.63, 3.8) is 0 Å². The predicted octanol–water partition coefficient (Wildman–Crippen LogP) is 3.51. The minimum atomic E-state index is -0.263. The van der Waals surface area contributed by atoms with E-state index in [2.05, 4.69) is 22.3 Å². The molecular formula is C17H17ClN4O. The minimum Gasteiger partial charge on any atom is -0.328 e. The Morgan fingerprint density at radius 1 is 1.35 bits per heavy atom. The molecule has 0 bridgehead atoms. The van der Waals surface area contributed by atoms with E-state index in [1.807, 2.05) is 31.2 Å². The Labute approximate surface area is 139 Å². The number of hydrogen-bond acceptors (Lipinski definition) is 4. The number of nitrogens with one attached hydrogen (secondary N) is 1. The summed E-state index contributed by atoms with van der Waals surface area (Å²) in [5, 5.41) is 8.46. The van der Waals surface area contributed by atoms with Gasteiger partial charge in [-0.1, -0.05) is 30.7 Å². The molecule has 0 fully saturated rings. The predicted molar refractivity (Wildman–Crippen MR) is 88.4 cm³/mol. The maximum Gasteiger partial charge on any atom is 0.226 e. The fourth-order valence-corrected chi connectivity index (χ4v) is 3.70. The van der Waals surface area contributed by atoms with E-state index in [1.165, 1.54) is 0 Å². The molecule has 6 heteroatoms. The lowest BCUT2D eigenvalue weighted by Crippen LogP contribution is -2.33. The van der Waals surface area contributed by atoms with Crippen molar-refractivity contribution in [2.45, 2.75) is 32.7 Å². The normalized spacial score (nSPS) is 23.3. The molecule has 1 aromatic carbocycles. The smallest absolute Gasteiger partial charge is 0.226 e. The van der Waals surface area contributed by atoms with Crippen molar-refractivity contribution >= 4 is 23.3 Å². The van der Waals surface area contributed by atoms with E-state index in [-0.39, 0.29) is 11.8 Å².